The molecule has 0 radical (unpaired) electrons. The Bertz CT molecular complexity index is 1170. The van der Waals surface area contributed by atoms with E-state index < -0.39 is 46.2 Å². The number of aromatic nitrogens is 1. The smallest absolute Gasteiger partial charge is 0.417 e. The Labute approximate surface area is 187 Å². The number of anilines is 1. The number of nitrogens with zero attached hydrogens (tertiary/aromatic N) is 3. The van der Waals surface area contributed by atoms with Gasteiger partial charge in [0.25, 0.3) is 0 Å². The average Bonchev–Trinajstić information content (AvgIpc) is 2.74. The maximum Gasteiger partial charge on any atom is 0.417 e. The van der Waals surface area contributed by atoms with Gasteiger partial charge in [-0.3, -0.25) is 9.59 Å². The first-order chi connectivity index (χ1) is 15.3. The summed E-state index contributed by atoms with van der Waals surface area (Å²) in [5.74, 6) is -2.49. The summed E-state index contributed by atoms with van der Waals surface area (Å²) in [5, 5.41) is 18.7. The highest BCUT2D eigenvalue weighted by Crippen LogP contribution is 2.30. The van der Waals surface area contributed by atoms with Gasteiger partial charge in [-0.2, -0.15) is 17.5 Å². The van der Waals surface area contributed by atoms with Crippen LogP contribution in [-0.2, 0) is 32.2 Å². The summed E-state index contributed by atoms with van der Waals surface area (Å²) in [7, 11) is -4.30. The SMILES string of the molecule is Cc1ccc(S(=O)(=O)N2CCN(c3ccc(C(F)(F)F)cn3)C[C@H]2C(=O)O)cc1CC(=O)O. The molecule has 1 aliphatic rings. The van der Waals surface area contributed by atoms with Crippen molar-refractivity contribution in [3.63, 3.8) is 0 Å². The zero-order valence-electron chi connectivity index (χ0n) is 17.3. The van der Waals surface area contributed by atoms with Crippen LogP contribution < -0.4 is 4.90 Å². The van der Waals surface area contributed by atoms with Crippen molar-refractivity contribution in [1.29, 1.82) is 0 Å². The number of carboxylic acid groups (broad SMARTS) is 2. The van der Waals surface area contributed by atoms with E-state index in [-0.39, 0.29) is 35.9 Å². The monoisotopic (exact) mass is 487 g/mol. The van der Waals surface area contributed by atoms with Crippen LogP contribution in [0.2, 0.25) is 0 Å². The zero-order valence-corrected chi connectivity index (χ0v) is 18.1. The largest absolute Gasteiger partial charge is 0.481 e. The quantitative estimate of drug-likeness (QED) is 0.633. The van der Waals surface area contributed by atoms with E-state index >= 15 is 0 Å². The predicted octanol–water partition coefficient (Wildman–Crippen LogP) is 2.00. The van der Waals surface area contributed by atoms with Crippen molar-refractivity contribution in [2.75, 3.05) is 24.5 Å². The molecule has 33 heavy (non-hydrogen) atoms. The van der Waals surface area contributed by atoms with Gasteiger partial charge in [-0.05, 0) is 42.3 Å². The molecule has 9 nitrogen and oxygen atoms in total. The third kappa shape index (κ3) is 5.25. The molecule has 0 saturated carbocycles. The lowest BCUT2D eigenvalue weighted by Crippen LogP contribution is -2.58. The van der Waals surface area contributed by atoms with E-state index in [0.717, 1.165) is 16.4 Å². The van der Waals surface area contributed by atoms with Crippen LogP contribution in [0.5, 0.6) is 0 Å². The Balaban J connectivity index is 1.88. The van der Waals surface area contributed by atoms with E-state index in [1.807, 2.05) is 0 Å². The molecule has 1 aromatic carbocycles. The van der Waals surface area contributed by atoms with Crippen LogP contribution in [0.25, 0.3) is 0 Å². The summed E-state index contributed by atoms with van der Waals surface area (Å²) in [6, 6.07) is 4.32. The summed E-state index contributed by atoms with van der Waals surface area (Å²) < 4.78 is 65.5. The van der Waals surface area contributed by atoms with Gasteiger partial charge in [0.05, 0.1) is 16.9 Å². The minimum atomic E-state index is -4.57. The molecule has 1 saturated heterocycles. The first kappa shape index (κ1) is 24.5. The molecule has 0 amide bonds. The normalized spacial score (nSPS) is 17.7. The fourth-order valence-corrected chi connectivity index (χ4v) is 5.12. The lowest BCUT2D eigenvalue weighted by molar-refractivity contribution is -0.141. The number of carbonyl (C=O) groups is 2. The van der Waals surface area contributed by atoms with Gasteiger partial charge in [0.15, 0.2) is 0 Å². The number of benzene rings is 1. The number of aryl methyl sites for hydroxylation is 1. The molecule has 178 valence electrons. The first-order valence-electron chi connectivity index (χ1n) is 9.65. The maximum absolute atomic E-state index is 13.2. The minimum Gasteiger partial charge on any atom is -0.481 e. The Hall–Kier alpha value is -3.19. The number of aliphatic carboxylic acids is 2. The van der Waals surface area contributed by atoms with Gasteiger partial charge in [-0.15, -0.1) is 0 Å². The second kappa shape index (κ2) is 8.98. The third-order valence-corrected chi connectivity index (χ3v) is 7.19. The molecule has 3 rings (SSSR count). The molecule has 0 unspecified atom stereocenters. The van der Waals surface area contributed by atoms with Crippen LogP contribution >= 0.6 is 0 Å². The van der Waals surface area contributed by atoms with Crippen molar-refractivity contribution < 1.29 is 41.4 Å². The minimum absolute atomic E-state index is 0.00474. The molecule has 2 heterocycles. The number of carboxylic acids is 2. The molecule has 1 aromatic heterocycles. The van der Waals surface area contributed by atoms with Gasteiger partial charge in [0, 0.05) is 25.8 Å². The Morgan fingerprint density at radius 2 is 1.85 bits per heavy atom. The van der Waals surface area contributed by atoms with Crippen molar-refractivity contribution >= 4 is 27.8 Å². The standard InChI is InChI=1S/C20H20F3N3O6S/c1-12-2-4-15(8-13(12)9-18(27)28)33(31,32)26-7-6-25(11-16(26)19(29)30)17-5-3-14(10-24-17)20(21,22)23/h2-5,8,10,16H,6-7,9,11H2,1H3,(H,27,28)(H,29,30)/t16-/m0/s1. The zero-order chi connectivity index (χ0) is 24.6. The molecule has 1 atom stereocenters. The second-order valence-electron chi connectivity index (χ2n) is 7.48. The molecule has 1 aliphatic heterocycles. The van der Waals surface area contributed by atoms with Crippen LogP contribution in [0.1, 0.15) is 16.7 Å². The highest BCUT2D eigenvalue weighted by Gasteiger charge is 2.41. The molecular formula is C20H20F3N3O6S. The van der Waals surface area contributed by atoms with E-state index in [2.05, 4.69) is 4.98 Å². The molecule has 2 aromatic rings. The summed E-state index contributed by atoms with van der Waals surface area (Å²) >= 11 is 0. The van der Waals surface area contributed by atoms with Gasteiger partial charge in [0.2, 0.25) is 10.0 Å². The molecule has 13 heteroatoms. The number of piperazine rings is 1. The molecule has 2 N–H and O–H groups in total. The van der Waals surface area contributed by atoms with Crippen molar-refractivity contribution in [3.8, 4) is 0 Å². The lowest BCUT2D eigenvalue weighted by atomic mass is 10.1. The molecule has 1 fully saturated rings. The average molecular weight is 487 g/mol. The molecule has 0 aliphatic carbocycles. The number of halogens is 3. The summed E-state index contributed by atoms with van der Waals surface area (Å²) in [4.78, 5) is 27.9. The summed E-state index contributed by atoms with van der Waals surface area (Å²) in [6.07, 6.45) is -4.34. The lowest BCUT2D eigenvalue weighted by Gasteiger charge is -2.39. The van der Waals surface area contributed by atoms with E-state index in [1.54, 1.807) is 6.92 Å². The number of hydrogen-bond acceptors (Lipinski definition) is 6. The second-order valence-corrected chi connectivity index (χ2v) is 9.37. The molecule has 0 bridgehead atoms. The van der Waals surface area contributed by atoms with Gasteiger partial charge in [-0.25, -0.2) is 13.4 Å². The van der Waals surface area contributed by atoms with Crippen LogP contribution in [0, 0.1) is 6.92 Å². The van der Waals surface area contributed by atoms with E-state index in [0.29, 0.717) is 11.8 Å². The van der Waals surface area contributed by atoms with Crippen LogP contribution in [0.4, 0.5) is 19.0 Å². The van der Waals surface area contributed by atoms with E-state index in [9.17, 15) is 36.3 Å². The Kier molecular flexibility index (Phi) is 6.65. The first-order valence-corrected chi connectivity index (χ1v) is 11.1. The number of rotatable bonds is 6. The fraction of sp³-hybridized carbons (Fsp3) is 0.350. The number of hydrogen-bond donors (Lipinski definition) is 2. The fourth-order valence-electron chi connectivity index (χ4n) is 3.50. The van der Waals surface area contributed by atoms with E-state index in [4.69, 9.17) is 5.11 Å². The maximum atomic E-state index is 13.2. The highest BCUT2D eigenvalue weighted by molar-refractivity contribution is 7.89. The third-order valence-electron chi connectivity index (χ3n) is 5.28. The van der Waals surface area contributed by atoms with Crippen molar-refractivity contribution in [3.05, 3.63) is 53.2 Å². The number of pyridine rings is 1. The number of alkyl halides is 3. The predicted molar refractivity (Wildman–Crippen MR) is 109 cm³/mol. The number of sulfonamides is 1. The van der Waals surface area contributed by atoms with Gasteiger partial charge < -0.3 is 15.1 Å². The van der Waals surface area contributed by atoms with Gasteiger partial charge in [0.1, 0.15) is 11.9 Å². The summed E-state index contributed by atoms with van der Waals surface area (Å²) in [5.41, 5.74) is -0.105. The van der Waals surface area contributed by atoms with E-state index in [1.165, 1.54) is 23.1 Å². The van der Waals surface area contributed by atoms with Crippen LogP contribution in [0.15, 0.2) is 41.4 Å². The molecule has 0 spiro atoms. The summed E-state index contributed by atoms with van der Waals surface area (Å²) in [6.45, 7) is 1.03. The topological polar surface area (TPSA) is 128 Å². The van der Waals surface area contributed by atoms with Crippen molar-refractivity contribution in [1.82, 2.24) is 9.29 Å². The van der Waals surface area contributed by atoms with Crippen molar-refractivity contribution in [2.24, 2.45) is 0 Å². The van der Waals surface area contributed by atoms with Crippen LogP contribution in [0.3, 0.4) is 0 Å². The van der Waals surface area contributed by atoms with Crippen LogP contribution in [-0.4, -0.2) is 65.5 Å². The Morgan fingerprint density at radius 1 is 1.15 bits per heavy atom. The van der Waals surface area contributed by atoms with Gasteiger partial charge >= 0.3 is 18.1 Å². The highest BCUT2D eigenvalue weighted by atomic mass is 32.2. The Morgan fingerprint density at radius 3 is 2.39 bits per heavy atom. The van der Waals surface area contributed by atoms with Crippen molar-refractivity contribution in [2.45, 2.75) is 30.5 Å². The van der Waals surface area contributed by atoms with Gasteiger partial charge in [-0.1, -0.05) is 6.07 Å². The molecular weight excluding hydrogens is 467 g/mol.